The second-order valence-corrected chi connectivity index (χ2v) is 2.67. The Morgan fingerprint density at radius 1 is 1.38 bits per heavy atom. The fraction of sp³-hybridized carbons (Fsp3) is 0.100. The molecule has 1 rings (SSSR count). The Labute approximate surface area is 76.1 Å². The summed E-state index contributed by atoms with van der Waals surface area (Å²) in [5.41, 5.74) is 1.18. The van der Waals surface area contributed by atoms with Crippen molar-refractivity contribution in [2.75, 3.05) is 0 Å². The van der Waals surface area contributed by atoms with Crippen molar-refractivity contribution in [2.45, 2.75) is 6.92 Å². The molecule has 1 N–H and O–H groups in total. The predicted octanol–water partition coefficient (Wildman–Crippen LogP) is 1.93. The summed E-state index contributed by atoms with van der Waals surface area (Å²) in [5.74, 6) is -0.492. The van der Waals surface area contributed by atoms with Crippen molar-refractivity contribution < 1.29 is 9.18 Å². The van der Waals surface area contributed by atoms with Crippen molar-refractivity contribution in [3.05, 3.63) is 42.2 Å². The fourth-order valence-corrected chi connectivity index (χ4v) is 0.936. The van der Waals surface area contributed by atoms with Gasteiger partial charge in [0.15, 0.2) is 0 Å². The van der Waals surface area contributed by atoms with Gasteiger partial charge >= 0.3 is 0 Å². The molecule has 1 aromatic rings. The lowest BCUT2D eigenvalue weighted by Crippen LogP contribution is -2.17. The van der Waals surface area contributed by atoms with Crippen LogP contribution >= 0.6 is 0 Å². The first kappa shape index (κ1) is 9.45. The van der Waals surface area contributed by atoms with Gasteiger partial charge < -0.3 is 5.32 Å². The lowest BCUT2D eigenvalue weighted by Gasteiger charge is -2.05. The Hall–Kier alpha value is -1.64. The Kier molecular flexibility index (Phi) is 2.80. The van der Waals surface area contributed by atoms with Gasteiger partial charge in [-0.2, -0.15) is 0 Å². The van der Waals surface area contributed by atoms with Crippen LogP contribution in [0.5, 0.6) is 0 Å². The van der Waals surface area contributed by atoms with Gasteiger partial charge in [0, 0.05) is 12.6 Å². The van der Waals surface area contributed by atoms with Gasteiger partial charge in [-0.05, 0) is 17.7 Å². The molecule has 0 aliphatic heterocycles. The van der Waals surface area contributed by atoms with Gasteiger partial charge in [-0.25, -0.2) is 4.39 Å². The minimum absolute atomic E-state index is 0.186. The number of hydrogen-bond acceptors (Lipinski definition) is 1. The van der Waals surface area contributed by atoms with Gasteiger partial charge in [0.2, 0.25) is 5.91 Å². The molecule has 13 heavy (non-hydrogen) atoms. The molecule has 0 heterocycles. The summed E-state index contributed by atoms with van der Waals surface area (Å²) in [4.78, 5) is 10.6. The van der Waals surface area contributed by atoms with Crippen LogP contribution in [0.1, 0.15) is 12.5 Å². The average molecular weight is 179 g/mol. The van der Waals surface area contributed by atoms with E-state index >= 15 is 0 Å². The van der Waals surface area contributed by atoms with Crippen LogP contribution in [0.3, 0.4) is 0 Å². The monoisotopic (exact) mass is 179 g/mol. The number of nitrogens with one attached hydrogen (secondary N) is 1. The summed E-state index contributed by atoms with van der Waals surface area (Å²) in [5, 5.41) is 2.52. The molecule has 1 aromatic carbocycles. The molecule has 0 radical (unpaired) electrons. The van der Waals surface area contributed by atoms with Crippen LogP contribution in [0.25, 0.3) is 5.70 Å². The number of rotatable bonds is 2. The zero-order valence-corrected chi connectivity index (χ0v) is 7.30. The van der Waals surface area contributed by atoms with Crippen molar-refractivity contribution >= 4 is 11.6 Å². The van der Waals surface area contributed by atoms with Crippen molar-refractivity contribution in [3.8, 4) is 0 Å². The van der Waals surface area contributed by atoms with Gasteiger partial charge in [-0.15, -0.1) is 0 Å². The summed E-state index contributed by atoms with van der Waals surface area (Å²) < 4.78 is 12.5. The van der Waals surface area contributed by atoms with E-state index in [-0.39, 0.29) is 11.7 Å². The number of carbonyl (C=O) groups is 1. The van der Waals surface area contributed by atoms with Crippen LogP contribution < -0.4 is 5.32 Å². The van der Waals surface area contributed by atoms with Gasteiger partial charge in [0.25, 0.3) is 0 Å². The van der Waals surface area contributed by atoms with E-state index in [1.165, 1.54) is 19.1 Å². The molecule has 0 bridgehead atoms. The molecule has 0 saturated carbocycles. The van der Waals surface area contributed by atoms with Crippen molar-refractivity contribution in [1.82, 2.24) is 5.32 Å². The number of carbonyl (C=O) groups excluding carboxylic acids is 1. The third-order valence-electron chi connectivity index (χ3n) is 1.52. The lowest BCUT2D eigenvalue weighted by atomic mass is 10.2. The highest BCUT2D eigenvalue weighted by Gasteiger charge is 1.99. The highest BCUT2D eigenvalue weighted by molar-refractivity contribution is 5.84. The Morgan fingerprint density at radius 3 is 2.38 bits per heavy atom. The smallest absolute Gasteiger partial charge is 0.221 e. The summed E-state index contributed by atoms with van der Waals surface area (Å²) in [6, 6.07) is 5.77. The third kappa shape index (κ3) is 2.71. The van der Waals surface area contributed by atoms with E-state index in [0.29, 0.717) is 11.3 Å². The quantitative estimate of drug-likeness (QED) is 0.738. The van der Waals surface area contributed by atoms with E-state index in [1.54, 1.807) is 12.1 Å². The largest absolute Gasteiger partial charge is 0.326 e. The van der Waals surface area contributed by atoms with Crippen LogP contribution in [-0.2, 0) is 4.79 Å². The molecule has 0 aliphatic rings. The molecule has 68 valence electrons. The molecule has 0 unspecified atom stereocenters. The summed E-state index contributed by atoms with van der Waals surface area (Å²) in [7, 11) is 0. The zero-order chi connectivity index (χ0) is 9.84. The number of hydrogen-bond donors (Lipinski definition) is 1. The molecule has 2 nitrogen and oxygen atoms in total. The van der Waals surface area contributed by atoms with E-state index in [9.17, 15) is 9.18 Å². The van der Waals surface area contributed by atoms with Crippen molar-refractivity contribution in [1.29, 1.82) is 0 Å². The molecule has 0 atom stereocenters. The average Bonchev–Trinajstić information content (AvgIpc) is 2.04. The standard InChI is InChI=1S/C10H10FNO/c1-7(12-8(2)13)9-3-5-10(11)6-4-9/h3-6H,1H2,2H3,(H,12,13). The first-order valence-corrected chi connectivity index (χ1v) is 3.82. The van der Waals surface area contributed by atoms with Gasteiger partial charge in [0.1, 0.15) is 5.82 Å². The normalized spacial score (nSPS) is 9.38. The van der Waals surface area contributed by atoms with Crippen LogP contribution in [0.4, 0.5) is 4.39 Å². The van der Waals surface area contributed by atoms with E-state index in [1.807, 2.05) is 0 Å². The van der Waals surface area contributed by atoms with E-state index in [2.05, 4.69) is 11.9 Å². The summed E-state index contributed by atoms with van der Waals surface area (Å²) in [6.07, 6.45) is 0. The maximum Gasteiger partial charge on any atom is 0.221 e. The second kappa shape index (κ2) is 3.85. The minimum Gasteiger partial charge on any atom is -0.326 e. The van der Waals surface area contributed by atoms with E-state index in [4.69, 9.17) is 0 Å². The third-order valence-corrected chi connectivity index (χ3v) is 1.52. The lowest BCUT2D eigenvalue weighted by molar-refractivity contribution is -0.117. The number of amides is 1. The number of benzene rings is 1. The molecule has 0 fully saturated rings. The van der Waals surface area contributed by atoms with Crippen molar-refractivity contribution in [3.63, 3.8) is 0 Å². The van der Waals surface area contributed by atoms with E-state index in [0.717, 1.165) is 0 Å². The van der Waals surface area contributed by atoms with Crippen LogP contribution in [0.2, 0.25) is 0 Å². The zero-order valence-electron chi connectivity index (χ0n) is 7.30. The molecular weight excluding hydrogens is 169 g/mol. The van der Waals surface area contributed by atoms with Crippen molar-refractivity contribution in [2.24, 2.45) is 0 Å². The van der Waals surface area contributed by atoms with E-state index < -0.39 is 0 Å². The first-order valence-electron chi connectivity index (χ1n) is 3.82. The fourth-order valence-electron chi connectivity index (χ4n) is 0.936. The Balaban J connectivity index is 2.78. The van der Waals surface area contributed by atoms with Gasteiger partial charge in [-0.1, -0.05) is 18.7 Å². The number of halogens is 1. The molecular formula is C10H10FNO. The highest BCUT2D eigenvalue weighted by atomic mass is 19.1. The van der Waals surface area contributed by atoms with Crippen LogP contribution in [-0.4, -0.2) is 5.91 Å². The maximum absolute atomic E-state index is 12.5. The molecule has 0 spiro atoms. The second-order valence-electron chi connectivity index (χ2n) is 2.67. The molecule has 0 saturated heterocycles. The molecule has 0 aromatic heterocycles. The highest BCUT2D eigenvalue weighted by Crippen LogP contribution is 2.09. The van der Waals surface area contributed by atoms with Gasteiger partial charge in [0.05, 0.1) is 0 Å². The molecule has 1 amide bonds. The van der Waals surface area contributed by atoms with Crippen LogP contribution in [0, 0.1) is 5.82 Å². The Morgan fingerprint density at radius 2 is 1.92 bits per heavy atom. The summed E-state index contributed by atoms with van der Waals surface area (Å²) >= 11 is 0. The Bertz CT molecular complexity index is 329. The minimum atomic E-state index is -0.306. The molecule has 3 heteroatoms. The molecule has 0 aliphatic carbocycles. The summed E-state index contributed by atoms with van der Waals surface area (Å²) in [6.45, 7) is 5.04. The first-order chi connectivity index (χ1) is 6.09. The van der Waals surface area contributed by atoms with Crippen LogP contribution in [0.15, 0.2) is 30.8 Å². The SMILES string of the molecule is C=C(NC(C)=O)c1ccc(F)cc1. The predicted molar refractivity (Wildman–Crippen MR) is 49.3 cm³/mol. The maximum atomic E-state index is 12.5. The topological polar surface area (TPSA) is 29.1 Å². The van der Waals surface area contributed by atoms with Gasteiger partial charge in [-0.3, -0.25) is 4.79 Å².